The first-order valence-corrected chi connectivity index (χ1v) is 12.5. The fraction of sp³-hybridized carbons (Fsp3) is 0.440. The molecule has 6 nitrogen and oxygen atoms in total. The van der Waals surface area contributed by atoms with Crippen molar-refractivity contribution >= 4 is 43.8 Å². The van der Waals surface area contributed by atoms with Crippen LogP contribution in [-0.2, 0) is 24.5 Å². The molecular formula is C25H30Br2O6. The van der Waals surface area contributed by atoms with E-state index in [4.69, 9.17) is 18.9 Å². The van der Waals surface area contributed by atoms with Crippen LogP contribution in [0.4, 0.5) is 0 Å². The Morgan fingerprint density at radius 3 is 1.33 bits per heavy atom. The summed E-state index contributed by atoms with van der Waals surface area (Å²) in [5.41, 5.74) is 2.05. The van der Waals surface area contributed by atoms with Gasteiger partial charge in [-0.2, -0.15) is 0 Å². The van der Waals surface area contributed by atoms with E-state index >= 15 is 0 Å². The summed E-state index contributed by atoms with van der Waals surface area (Å²) < 4.78 is 21.5. The van der Waals surface area contributed by atoms with Gasteiger partial charge in [0.1, 0.15) is 47.6 Å². The van der Waals surface area contributed by atoms with Crippen LogP contribution < -0.4 is 9.47 Å². The second kappa shape index (κ2) is 13.0. The van der Waals surface area contributed by atoms with Gasteiger partial charge in [0.15, 0.2) is 0 Å². The molecule has 2 rings (SSSR count). The SMILES string of the molecule is CC(Br)C(=O)OCCOc1ccc(C(C)(C)c2ccc(OCCOC(=O)C(C)Br)cc2)cc1. The minimum atomic E-state index is -0.327. The van der Waals surface area contributed by atoms with Crippen LogP contribution in [0, 0.1) is 0 Å². The third kappa shape index (κ3) is 8.66. The van der Waals surface area contributed by atoms with Crippen molar-refractivity contribution < 1.29 is 28.5 Å². The van der Waals surface area contributed by atoms with Crippen molar-refractivity contribution in [2.24, 2.45) is 0 Å². The maximum absolute atomic E-state index is 11.4. The van der Waals surface area contributed by atoms with E-state index in [9.17, 15) is 9.59 Å². The van der Waals surface area contributed by atoms with Crippen molar-refractivity contribution in [3.05, 3.63) is 59.7 Å². The van der Waals surface area contributed by atoms with Crippen molar-refractivity contribution in [2.75, 3.05) is 26.4 Å². The van der Waals surface area contributed by atoms with Gasteiger partial charge in [0.05, 0.1) is 0 Å². The molecule has 0 radical (unpaired) electrons. The summed E-state index contributed by atoms with van der Waals surface area (Å²) in [5, 5.41) is 0. The zero-order chi connectivity index (χ0) is 24.4. The molecule has 0 aromatic heterocycles. The summed E-state index contributed by atoms with van der Waals surface area (Å²) in [4.78, 5) is 22.2. The molecule has 2 aromatic carbocycles. The van der Waals surface area contributed by atoms with Crippen LogP contribution in [0.15, 0.2) is 48.5 Å². The number of carbonyl (C=O) groups excluding carboxylic acids is 2. The molecule has 0 saturated carbocycles. The summed E-state index contributed by atoms with van der Waals surface area (Å²) in [6, 6.07) is 15.8. The molecule has 0 heterocycles. The van der Waals surface area contributed by atoms with E-state index in [0.29, 0.717) is 13.2 Å². The molecule has 0 aliphatic carbocycles. The van der Waals surface area contributed by atoms with Gasteiger partial charge in [-0.05, 0) is 49.2 Å². The first-order valence-electron chi connectivity index (χ1n) is 10.7. The molecule has 0 N–H and O–H groups in total. The van der Waals surface area contributed by atoms with Crippen LogP contribution in [0.3, 0.4) is 0 Å². The number of benzene rings is 2. The lowest BCUT2D eigenvalue weighted by molar-refractivity contribution is -0.144. The van der Waals surface area contributed by atoms with Crippen LogP contribution >= 0.6 is 31.9 Å². The average Bonchev–Trinajstić information content (AvgIpc) is 2.79. The molecule has 0 saturated heterocycles. The molecule has 0 aliphatic rings. The molecule has 2 unspecified atom stereocenters. The summed E-state index contributed by atoms with van der Waals surface area (Å²) in [5.74, 6) is 0.826. The predicted octanol–water partition coefficient (Wildman–Crippen LogP) is 5.42. The number of halogens is 2. The Morgan fingerprint density at radius 2 is 1.03 bits per heavy atom. The highest BCUT2D eigenvalue weighted by atomic mass is 79.9. The predicted molar refractivity (Wildman–Crippen MR) is 135 cm³/mol. The number of ether oxygens (including phenoxy) is 4. The van der Waals surface area contributed by atoms with Gasteiger partial charge >= 0.3 is 11.9 Å². The molecule has 8 heteroatoms. The van der Waals surface area contributed by atoms with E-state index in [1.54, 1.807) is 13.8 Å². The number of hydrogen-bond acceptors (Lipinski definition) is 6. The lowest BCUT2D eigenvalue weighted by atomic mass is 9.78. The Bertz CT molecular complexity index is 819. The molecule has 0 amide bonds. The second-order valence-electron chi connectivity index (χ2n) is 7.94. The minimum Gasteiger partial charge on any atom is -0.490 e. The molecule has 0 fully saturated rings. The molecular weight excluding hydrogens is 556 g/mol. The Morgan fingerprint density at radius 1 is 0.697 bits per heavy atom. The van der Waals surface area contributed by atoms with Crippen molar-refractivity contribution in [1.29, 1.82) is 0 Å². The van der Waals surface area contributed by atoms with Gasteiger partial charge in [-0.25, -0.2) is 0 Å². The average molecular weight is 586 g/mol. The molecule has 0 spiro atoms. The lowest BCUT2D eigenvalue weighted by Crippen LogP contribution is -2.19. The molecule has 0 bridgehead atoms. The number of rotatable bonds is 12. The smallest absolute Gasteiger partial charge is 0.319 e. The van der Waals surface area contributed by atoms with Gasteiger partial charge in [-0.15, -0.1) is 0 Å². The minimum absolute atomic E-state index is 0.203. The van der Waals surface area contributed by atoms with Crippen LogP contribution in [0.2, 0.25) is 0 Å². The molecule has 0 aliphatic heterocycles. The largest absolute Gasteiger partial charge is 0.490 e. The van der Waals surface area contributed by atoms with Gasteiger partial charge in [-0.3, -0.25) is 9.59 Å². The van der Waals surface area contributed by atoms with E-state index in [-0.39, 0.29) is 40.2 Å². The van der Waals surface area contributed by atoms with Crippen LogP contribution in [-0.4, -0.2) is 48.0 Å². The Hall–Kier alpha value is -2.06. The van der Waals surface area contributed by atoms with Crippen molar-refractivity contribution in [3.8, 4) is 11.5 Å². The number of carbonyl (C=O) groups is 2. The first-order chi connectivity index (χ1) is 15.6. The molecule has 180 valence electrons. The quantitative estimate of drug-likeness (QED) is 0.188. The van der Waals surface area contributed by atoms with Crippen LogP contribution in [0.5, 0.6) is 11.5 Å². The van der Waals surface area contributed by atoms with Gasteiger partial charge in [0.25, 0.3) is 0 Å². The Balaban J connectivity index is 1.87. The fourth-order valence-corrected chi connectivity index (χ4v) is 3.20. The zero-order valence-electron chi connectivity index (χ0n) is 19.3. The van der Waals surface area contributed by atoms with E-state index in [1.165, 1.54) is 0 Å². The van der Waals surface area contributed by atoms with E-state index < -0.39 is 0 Å². The van der Waals surface area contributed by atoms with Gasteiger partial charge in [0.2, 0.25) is 0 Å². The summed E-state index contributed by atoms with van der Waals surface area (Å²) in [7, 11) is 0. The molecule has 2 aromatic rings. The highest BCUT2D eigenvalue weighted by molar-refractivity contribution is 9.10. The summed E-state index contributed by atoms with van der Waals surface area (Å²) >= 11 is 6.34. The van der Waals surface area contributed by atoms with Gasteiger partial charge in [-0.1, -0.05) is 70.0 Å². The highest BCUT2D eigenvalue weighted by Crippen LogP contribution is 2.33. The summed E-state index contributed by atoms with van der Waals surface area (Å²) in [6.07, 6.45) is 0. The molecule has 2 atom stereocenters. The monoisotopic (exact) mass is 584 g/mol. The standard InChI is InChI=1S/C25H30Br2O6/c1-17(26)23(28)32-15-13-30-21-9-5-19(6-10-21)25(3,4)20-7-11-22(12-8-20)31-14-16-33-24(29)18(2)27/h5-12,17-18H,13-16H2,1-4H3. The third-order valence-corrected chi connectivity index (χ3v) is 5.74. The van der Waals surface area contributed by atoms with E-state index in [2.05, 4.69) is 45.7 Å². The summed E-state index contributed by atoms with van der Waals surface area (Å²) in [6.45, 7) is 8.74. The van der Waals surface area contributed by atoms with Crippen LogP contribution in [0.25, 0.3) is 0 Å². The Labute approximate surface area is 212 Å². The fourth-order valence-electron chi connectivity index (χ4n) is 2.94. The van der Waals surface area contributed by atoms with Crippen molar-refractivity contribution in [2.45, 2.75) is 42.8 Å². The van der Waals surface area contributed by atoms with E-state index in [0.717, 1.165) is 22.6 Å². The maximum Gasteiger partial charge on any atom is 0.319 e. The van der Waals surface area contributed by atoms with Crippen molar-refractivity contribution in [3.63, 3.8) is 0 Å². The third-order valence-electron chi connectivity index (χ3n) is 4.99. The number of hydrogen-bond donors (Lipinski definition) is 0. The zero-order valence-corrected chi connectivity index (χ0v) is 22.5. The Kier molecular flexibility index (Phi) is 10.7. The first kappa shape index (κ1) is 27.2. The number of esters is 2. The lowest BCUT2D eigenvalue weighted by Gasteiger charge is -2.26. The van der Waals surface area contributed by atoms with Crippen molar-refractivity contribution in [1.82, 2.24) is 0 Å². The topological polar surface area (TPSA) is 71.1 Å². The van der Waals surface area contributed by atoms with Gasteiger partial charge < -0.3 is 18.9 Å². The normalized spacial score (nSPS) is 13.0. The highest BCUT2D eigenvalue weighted by Gasteiger charge is 2.23. The maximum atomic E-state index is 11.4. The van der Waals surface area contributed by atoms with Crippen LogP contribution in [0.1, 0.15) is 38.8 Å². The number of alkyl halides is 2. The van der Waals surface area contributed by atoms with Gasteiger partial charge in [0, 0.05) is 5.41 Å². The second-order valence-corrected chi connectivity index (χ2v) is 10.7. The molecule has 33 heavy (non-hydrogen) atoms. The van der Waals surface area contributed by atoms with E-state index in [1.807, 2.05) is 48.5 Å².